The Labute approximate surface area is 172 Å². The molecule has 4 nitrogen and oxygen atoms in total. The van der Waals surface area contributed by atoms with Gasteiger partial charge in [-0.05, 0) is 43.2 Å². The van der Waals surface area contributed by atoms with E-state index in [0.717, 1.165) is 25.1 Å². The van der Waals surface area contributed by atoms with Crippen molar-refractivity contribution in [1.82, 2.24) is 9.47 Å². The molecule has 0 unspecified atom stereocenters. The molecular weight excluding hydrogens is 365 g/mol. The summed E-state index contributed by atoms with van der Waals surface area (Å²) in [5.41, 5.74) is 3.70. The average Bonchev–Trinajstić information content (AvgIpc) is 3.13. The predicted molar refractivity (Wildman–Crippen MR) is 115 cm³/mol. The zero-order valence-electron chi connectivity index (χ0n) is 17.1. The highest BCUT2D eigenvalue weighted by atomic mass is 19.1. The maximum Gasteiger partial charge on any atom is 0.322 e. The summed E-state index contributed by atoms with van der Waals surface area (Å²) in [7, 11) is 0. The number of urea groups is 1. The summed E-state index contributed by atoms with van der Waals surface area (Å²) in [6, 6.07) is 18.4. The number of carbonyl (C=O) groups excluding carboxylic acids is 1. The monoisotopic (exact) mass is 393 g/mol. The SMILES string of the molecule is CCCCN(Cc1cccn1Cc1cccc(C)c1)C(=O)Nc1ccccc1F. The van der Waals surface area contributed by atoms with Crippen molar-refractivity contribution in [1.29, 1.82) is 0 Å². The number of carbonyl (C=O) groups is 1. The van der Waals surface area contributed by atoms with Crippen LogP contribution in [0.4, 0.5) is 14.9 Å². The quantitative estimate of drug-likeness (QED) is 0.514. The Hall–Kier alpha value is -3.08. The van der Waals surface area contributed by atoms with Crippen molar-refractivity contribution in [2.24, 2.45) is 0 Å². The molecular formula is C24H28FN3O. The smallest absolute Gasteiger partial charge is 0.322 e. The van der Waals surface area contributed by atoms with Crippen LogP contribution in [-0.4, -0.2) is 22.0 Å². The van der Waals surface area contributed by atoms with Gasteiger partial charge >= 0.3 is 6.03 Å². The largest absolute Gasteiger partial charge is 0.345 e. The van der Waals surface area contributed by atoms with E-state index in [2.05, 4.69) is 48.0 Å². The van der Waals surface area contributed by atoms with Gasteiger partial charge in [-0.3, -0.25) is 0 Å². The van der Waals surface area contributed by atoms with Gasteiger partial charge in [0.15, 0.2) is 0 Å². The van der Waals surface area contributed by atoms with Gasteiger partial charge in [-0.15, -0.1) is 0 Å². The van der Waals surface area contributed by atoms with Crippen LogP contribution in [0.3, 0.4) is 0 Å². The number of benzene rings is 2. The Morgan fingerprint density at radius 1 is 1.10 bits per heavy atom. The zero-order chi connectivity index (χ0) is 20.6. The number of nitrogens with zero attached hydrogens (tertiary/aromatic N) is 2. The Bertz CT molecular complexity index is 951. The molecule has 0 atom stereocenters. The van der Waals surface area contributed by atoms with Crippen molar-refractivity contribution in [2.45, 2.75) is 39.8 Å². The fraction of sp³-hybridized carbons (Fsp3) is 0.292. The first-order valence-electron chi connectivity index (χ1n) is 10.1. The van der Waals surface area contributed by atoms with Gasteiger partial charge in [0.1, 0.15) is 5.82 Å². The number of hydrogen-bond acceptors (Lipinski definition) is 1. The number of hydrogen-bond donors (Lipinski definition) is 1. The summed E-state index contributed by atoms with van der Waals surface area (Å²) in [4.78, 5) is 14.6. The number of amides is 2. The van der Waals surface area contributed by atoms with Gasteiger partial charge in [-0.1, -0.05) is 55.3 Å². The van der Waals surface area contributed by atoms with Crippen molar-refractivity contribution < 1.29 is 9.18 Å². The van der Waals surface area contributed by atoms with Gasteiger partial charge in [-0.2, -0.15) is 0 Å². The Morgan fingerprint density at radius 3 is 2.69 bits per heavy atom. The van der Waals surface area contributed by atoms with Crippen LogP contribution in [-0.2, 0) is 13.1 Å². The van der Waals surface area contributed by atoms with Gasteiger partial charge in [0.05, 0.1) is 12.2 Å². The van der Waals surface area contributed by atoms with E-state index in [1.165, 1.54) is 17.2 Å². The van der Waals surface area contributed by atoms with E-state index in [1.54, 1.807) is 23.1 Å². The fourth-order valence-electron chi connectivity index (χ4n) is 3.31. The third kappa shape index (κ3) is 5.70. The second-order valence-corrected chi connectivity index (χ2v) is 7.30. The molecule has 3 aromatic rings. The summed E-state index contributed by atoms with van der Waals surface area (Å²) in [5, 5.41) is 2.71. The molecule has 1 heterocycles. The lowest BCUT2D eigenvalue weighted by atomic mass is 10.1. The topological polar surface area (TPSA) is 37.3 Å². The van der Waals surface area contributed by atoms with E-state index in [0.29, 0.717) is 13.1 Å². The molecule has 1 N–H and O–H groups in total. The van der Waals surface area contributed by atoms with E-state index in [9.17, 15) is 9.18 Å². The molecule has 29 heavy (non-hydrogen) atoms. The molecule has 1 aromatic heterocycles. The van der Waals surface area contributed by atoms with E-state index < -0.39 is 5.82 Å². The molecule has 0 bridgehead atoms. The Balaban J connectivity index is 1.74. The van der Waals surface area contributed by atoms with Crippen molar-refractivity contribution in [3.05, 3.63) is 89.5 Å². The average molecular weight is 394 g/mol. The maximum atomic E-state index is 13.9. The van der Waals surface area contributed by atoms with Gasteiger partial charge in [0, 0.05) is 25.0 Å². The van der Waals surface area contributed by atoms with Crippen LogP contribution in [0, 0.1) is 12.7 Å². The second kappa shape index (κ2) is 9.92. The molecule has 0 saturated heterocycles. The molecule has 0 aliphatic heterocycles. The molecule has 0 fully saturated rings. The number of para-hydroxylation sites is 1. The van der Waals surface area contributed by atoms with Crippen LogP contribution < -0.4 is 5.32 Å². The molecule has 2 amide bonds. The first-order valence-corrected chi connectivity index (χ1v) is 10.1. The minimum Gasteiger partial charge on any atom is -0.345 e. The van der Waals surface area contributed by atoms with Crippen molar-refractivity contribution >= 4 is 11.7 Å². The molecule has 3 rings (SSSR count). The number of unbranched alkanes of at least 4 members (excludes halogenated alkanes) is 1. The van der Waals surface area contributed by atoms with Crippen LogP contribution in [0.5, 0.6) is 0 Å². The standard InChI is InChI=1S/C24H28FN3O/c1-3-4-14-28(24(29)26-23-13-6-5-12-22(23)25)18-21-11-8-15-27(21)17-20-10-7-9-19(2)16-20/h5-13,15-16H,3-4,14,17-18H2,1-2H3,(H,26,29). The van der Waals surface area contributed by atoms with Crippen molar-refractivity contribution in [2.75, 3.05) is 11.9 Å². The third-order valence-electron chi connectivity index (χ3n) is 4.90. The van der Waals surface area contributed by atoms with Crippen LogP contribution in [0.15, 0.2) is 66.9 Å². The molecule has 152 valence electrons. The minimum absolute atomic E-state index is 0.203. The van der Waals surface area contributed by atoms with E-state index in [-0.39, 0.29) is 11.7 Å². The number of halogens is 1. The summed E-state index contributed by atoms with van der Waals surface area (Å²) < 4.78 is 16.1. The van der Waals surface area contributed by atoms with Gasteiger partial charge in [0.2, 0.25) is 0 Å². The number of nitrogens with one attached hydrogen (secondary N) is 1. The van der Waals surface area contributed by atoms with E-state index >= 15 is 0 Å². The van der Waals surface area contributed by atoms with Crippen molar-refractivity contribution in [3.63, 3.8) is 0 Å². The highest BCUT2D eigenvalue weighted by Crippen LogP contribution is 2.16. The number of anilines is 1. The minimum atomic E-state index is -0.431. The Morgan fingerprint density at radius 2 is 1.93 bits per heavy atom. The first-order chi connectivity index (χ1) is 14.1. The summed E-state index contributed by atoms with van der Waals surface area (Å²) in [6.45, 7) is 6.01. The predicted octanol–water partition coefficient (Wildman–Crippen LogP) is 5.82. The normalized spacial score (nSPS) is 10.7. The second-order valence-electron chi connectivity index (χ2n) is 7.30. The van der Waals surface area contributed by atoms with Gasteiger partial charge in [0.25, 0.3) is 0 Å². The molecule has 5 heteroatoms. The molecule has 0 spiro atoms. The van der Waals surface area contributed by atoms with Crippen LogP contribution >= 0.6 is 0 Å². The number of aromatic nitrogens is 1. The molecule has 0 radical (unpaired) electrons. The lowest BCUT2D eigenvalue weighted by Gasteiger charge is -2.24. The Kier molecular flexibility index (Phi) is 7.06. The van der Waals surface area contributed by atoms with Gasteiger partial charge in [-0.25, -0.2) is 9.18 Å². The zero-order valence-corrected chi connectivity index (χ0v) is 17.1. The van der Waals surface area contributed by atoms with E-state index in [1.807, 2.05) is 18.3 Å². The molecule has 2 aromatic carbocycles. The first kappa shape index (κ1) is 20.6. The van der Waals surface area contributed by atoms with E-state index in [4.69, 9.17) is 0 Å². The molecule has 0 aliphatic rings. The summed E-state index contributed by atoms with van der Waals surface area (Å²) in [5.74, 6) is -0.431. The molecule has 0 aliphatic carbocycles. The fourth-order valence-corrected chi connectivity index (χ4v) is 3.31. The molecule has 0 saturated carbocycles. The summed E-state index contributed by atoms with van der Waals surface area (Å²) in [6.07, 6.45) is 3.90. The number of rotatable bonds is 8. The maximum absolute atomic E-state index is 13.9. The van der Waals surface area contributed by atoms with Crippen molar-refractivity contribution in [3.8, 4) is 0 Å². The van der Waals surface area contributed by atoms with Gasteiger partial charge < -0.3 is 14.8 Å². The lowest BCUT2D eigenvalue weighted by molar-refractivity contribution is 0.206. The lowest BCUT2D eigenvalue weighted by Crippen LogP contribution is -2.36. The highest BCUT2D eigenvalue weighted by Gasteiger charge is 2.17. The van der Waals surface area contributed by atoms with Crippen LogP contribution in [0.1, 0.15) is 36.6 Å². The highest BCUT2D eigenvalue weighted by molar-refractivity contribution is 5.89. The third-order valence-corrected chi connectivity index (χ3v) is 4.90. The number of aryl methyl sites for hydroxylation is 1. The summed E-state index contributed by atoms with van der Waals surface area (Å²) >= 11 is 0. The van der Waals surface area contributed by atoms with Crippen LogP contribution in [0.25, 0.3) is 0 Å². The van der Waals surface area contributed by atoms with Crippen LogP contribution in [0.2, 0.25) is 0 Å².